The highest BCUT2D eigenvalue weighted by Crippen LogP contribution is 2.29. The van der Waals surface area contributed by atoms with Gasteiger partial charge >= 0.3 is 5.97 Å². The van der Waals surface area contributed by atoms with Crippen molar-refractivity contribution in [1.29, 1.82) is 0 Å². The number of hydrogen-bond acceptors (Lipinski definition) is 4. The van der Waals surface area contributed by atoms with Gasteiger partial charge in [-0.05, 0) is 27.2 Å². The Balaban J connectivity index is 2.18. The summed E-state index contributed by atoms with van der Waals surface area (Å²) in [6.45, 7) is 9.37. The first-order valence-corrected chi connectivity index (χ1v) is 5.59. The molecule has 1 fully saturated rings. The van der Waals surface area contributed by atoms with Crippen molar-refractivity contribution in [2.45, 2.75) is 39.7 Å². The normalized spacial score (nSPS) is 19.5. The van der Waals surface area contributed by atoms with E-state index in [2.05, 4.69) is 11.9 Å². The van der Waals surface area contributed by atoms with E-state index in [1.807, 2.05) is 20.8 Å². The molecule has 1 aliphatic rings. The first-order chi connectivity index (χ1) is 7.31. The van der Waals surface area contributed by atoms with Crippen molar-refractivity contribution in [3.05, 3.63) is 0 Å². The van der Waals surface area contributed by atoms with Crippen LogP contribution in [0.1, 0.15) is 34.1 Å². The molecule has 1 heterocycles. The number of carbonyl (C=O) groups is 1. The minimum atomic E-state index is -0.430. The predicted molar refractivity (Wildman–Crippen MR) is 62.7 cm³/mol. The highest BCUT2D eigenvalue weighted by molar-refractivity contribution is 5.74. The van der Waals surface area contributed by atoms with Crippen molar-refractivity contribution in [3.8, 4) is 0 Å². The number of aliphatic imine (C=N–C) groups is 1. The Hall–Kier alpha value is -0.900. The maximum atomic E-state index is 11.3. The molecule has 0 amide bonds. The Labute approximate surface area is 97.0 Å². The molecular formula is C12H21NO3. The summed E-state index contributed by atoms with van der Waals surface area (Å²) in [4.78, 5) is 15.4. The van der Waals surface area contributed by atoms with Gasteiger partial charge in [-0.2, -0.15) is 0 Å². The van der Waals surface area contributed by atoms with Crippen LogP contribution < -0.4 is 0 Å². The third kappa shape index (κ3) is 4.75. The fourth-order valence-corrected chi connectivity index (χ4v) is 1.37. The smallest absolute Gasteiger partial charge is 0.328 e. The van der Waals surface area contributed by atoms with Crippen LogP contribution in [0.3, 0.4) is 0 Å². The zero-order valence-corrected chi connectivity index (χ0v) is 10.6. The van der Waals surface area contributed by atoms with Gasteiger partial charge in [-0.25, -0.2) is 0 Å². The molecule has 4 heteroatoms. The summed E-state index contributed by atoms with van der Waals surface area (Å²) in [5, 5.41) is 0. The van der Waals surface area contributed by atoms with E-state index in [0.717, 1.165) is 19.6 Å². The molecule has 1 aliphatic heterocycles. The van der Waals surface area contributed by atoms with E-state index in [9.17, 15) is 4.79 Å². The van der Waals surface area contributed by atoms with Gasteiger partial charge in [0.2, 0.25) is 0 Å². The lowest BCUT2D eigenvalue weighted by Gasteiger charge is -2.36. The molecule has 0 radical (unpaired) electrons. The van der Waals surface area contributed by atoms with Gasteiger partial charge in [0.25, 0.3) is 0 Å². The van der Waals surface area contributed by atoms with Gasteiger partial charge in [-0.15, -0.1) is 0 Å². The Kier molecular flexibility index (Phi) is 4.08. The number of hydrogen-bond donors (Lipinski definition) is 0. The van der Waals surface area contributed by atoms with E-state index in [1.54, 1.807) is 6.21 Å². The standard InChI is InChI=1S/C12H21NO3/c1-11(2,3)16-10(14)7-13-6-5-12(4)8-15-9-12/h6H,5,7-9H2,1-4H3/b13-6+. The summed E-state index contributed by atoms with van der Waals surface area (Å²) < 4.78 is 10.3. The number of rotatable bonds is 4. The molecule has 0 spiro atoms. The molecule has 0 saturated carbocycles. The molecule has 1 saturated heterocycles. The van der Waals surface area contributed by atoms with Crippen LogP contribution >= 0.6 is 0 Å². The van der Waals surface area contributed by atoms with Crippen molar-refractivity contribution in [2.75, 3.05) is 19.8 Å². The van der Waals surface area contributed by atoms with Gasteiger partial charge in [0.05, 0.1) is 13.2 Å². The molecule has 0 atom stereocenters. The maximum absolute atomic E-state index is 11.3. The average molecular weight is 227 g/mol. The monoisotopic (exact) mass is 227 g/mol. The van der Waals surface area contributed by atoms with Crippen molar-refractivity contribution >= 4 is 12.2 Å². The Bertz CT molecular complexity index is 274. The summed E-state index contributed by atoms with van der Waals surface area (Å²) in [6, 6.07) is 0. The zero-order valence-electron chi connectivity index (χ0n) is 10.6. The lowest BCUT2D eigenvalue weighted by atomic mass is 9.86. The third-order valence-electron chi connectivity index (χ3n) is 2.25. The molecular weight excluding hydrogens is 206 g/mol. The van der Waals surface area contributed by atoms with Gasteiger partial charge in [0.1, 0.15) is 12.1 Å². The molecule has 0 N–H and O–H groups in total. The zero-order chi connectivity index (χ0) is 12.2. The quantitative estimate of drug-likeness (QED) is 0.543. The first kappa shape index (κ1) is 13.2. The summed E-state index contributed by atoms with van der Waals surface area (Å²) in [7, 11) is 0. The van der Waals surface area contributed by atoms with Gasteiger partial charge in [-0.3, -0.25) is 9.79 Å². The highest BCUT2D eigenvalue weighted by Gasteiger charge is 2.32. The largest absolute Gasteiger partial charge is 0.459 e. The third-order valence-corrected chi connectivity index (χ3v) is 2.25. The molecule has 0 aromatic carbocycles. The minimum Gasteiger partial charge on any atom is -0.459 e. The van der Waals surface area contributed by atoms with Crippen LogP contribution in [0.15, 0.2) is 4.99 Å². The van der Waals surface area contributed by atoms with Crippen LogP contribution in [0, 0.1) is 5.41 Å². The van der Waals surface area contributed by atoms with E-state index in [0.29, 0.717) is 0 Å². The highest BCUT2D eigenvalue weighted by atomic mass is 16.6. The van der Waals surface area contributed by atoms with E-state index in [-0.39, 0.29) is 17.9 Å². The topological polar surface area (TPSA) is 47.9 Å². The number of ether oxygens (including phenoxy) is 2. The van der Waals surface area contributed by atoms with Crippen LogP contribution in [0.2, 0.25) is 0 Å². The van der Waals surface area contributed by atoms with Crippen molar-refractivity contribution in [1.82, 2.24) is 0 Å². The Morgan fingerprint density at radius 3 is 2.56 bits per heavy atom. The summed E-state index contributed by atoms with van der Waals surface area (Å²) in [6.07, 6.45) is 2.65. The van der Waals surface area contributed by atoms with Crippen LogP contribution in [0.25, 0.3) is 0 Å². The second-order valence-corrected chi connectivity index (χ2v) is 5.62. The Morgan fingerprint density at radius 2 is 2.12 bits per heavy atom. The van der Waals surface area contributed by atoms with Gasteiger partial charge in [0, 0.05) is 11.6 Å². The molecule has 0 unspecified atom stereocenters. The second-order valence-electron chi connectivity index (χ2n) is 5.62. The fourth-order valence-electron chi connectivity index (χ4n) is 1.37. The van der Waals surface area contributed by atoms with Gasteiger partial charge < -0.3 is 9.47 Å². The number of esters is 1. The van der Waals surface area contributed by atoms with Crippen LogP contribution in [-0.2, 0) is 14.3 Å². The Morgan fingerprint density at radius 1 is 1.50 bits per heavy atom. The fraction of sp³-hybridized carbons (Fsp3) is 0.833. The lowest BCUT2D eigenvalue weighted by Crippen LogP contribution is -2.39. The van der Waals surface area contributed by atoms with Crippen LogP contribution in [0.5, 0.6) is 0 Å². The average Bonchev–Trinajstić information content (AvgIpc) is 2.06. The summed E-state index contributed by atoms with van der Waals surface area (Å²) in [5.74, 6) is -0.279. The number of nitrogens with zero attached hydrogens (tertiary/aromatic N) is 1. The van der Waals surface area contributed by atoms with Crippen molar-refractivity contribution in [2.24, 2.45) is 10.4 Å². The summed E-state index contributed by atoms with van der Waals surface area (Å²) >= 11 is 0. The SMILES string of the molecule is CC1(C/C=N/CC(=O)OC(C)(C)C)COC1. The molecule has 1 rings (SSSR count). The molecule has 0 aromatic heterocycles. The van der Waals surface area contributed by atoms with E-state index < -0.39 is 5.60 Å². The minimum absolute atomic E-state index is 0.105. The molecule has 4 nitrogen and oxygen atoms in total. The molecule has 0 aliphatic carbocycles. The van der Waals surface area contributed by atoms with Gasteiger partial charge in [0.15, 0.2) is 0 Å². The number of carbonyl (C=O) groups excluding carboxylic acids is 1. The lowest BCUT2D eigenvalue weighted by molar-refractivity contribution is -0.152. The second kappa shape index (κ2) is 4.95. The summed E-state index contributed by atoms with van der Waals surface area (Å²) in [5.41, 5.74) is -0.210. The van der Waals surface area contributed by atoms with Crippen LogP contribution in [0.4, 0.5) is 0 Å². The molecule has 92 valence electrons. The molecule has 16 heavy (non-hydrogen) atoms. The van der Waals surface area contributed by atoms with Crippen LogP contribution in [-0.4, -0.2) is 37.5 Å². The predicted octanol–water partition coefficient (Wildman–Crippen LogP) is 1.83. The maximum Gasteiger partial charge on any atom is 0.328 e. The first-order valence-electron chi connectivity index (χ1n) is 5.59. The van der Waals surface area contributed by atoms with Crippen molar-refractivity contribution in [3.63, 3.8) is 0 Å². The molecule has 0 bridgehead atoms. The van der Waals surface area contributed by atoms with Gasteiger partial charge in [-0.1, -0.05) is 6.92 Å². The van der Waals surface area contributed by atoms with Crippen molar-refractivity contribution < 1.29 is 14.3 Å². The molecule has 0 aromatic rings. The van der Waals surface area contributed by atoms with E-state index in [1.165, 1.54) is 0 Å². The van der Waals surface area contributed by atoms with E-state index >= 15 is 0 Å². The van der Waals surface area contributed by atoms with E-state index in [4.69, 9.17) is 9.47 Å².